The summed E-state index contributed by atoms with van der Waals surface area (Å²) in [7, 11) is 0. The van der Waals surface area contributed by atoms with Crippen LogP contribution in [0.25, 0.3) is 11.0 Å². The van der Waals surface area contributed by atoms with Crippen LogP contribution in [0, 0.1) is 0 Å². The van der Waals surface area contributed by atoms with Crippen LogP contribution < -0.4 is 0 Å². The van der Waals surface area contributed by atoms with Crippen molar-refractivity contribution in [2.45, 2.75) is 19.5 Å². The SMILES string of the molecule is O=C(O)c1ccc(CN2CCc3nc4ccccc4n3CC2)cc1. The van der Waals surface area contributed by atoms with Crippen LogP contribution in [0.3, 0.4) is 0 Å². The summed E-state index contributed by atoms with van der Waals surface area (Å²) in [6, 6.07) is 15.4. The number of benzene rings is 2. The standard InChI is InChI=1S/C19H19N3O2/c23-19(24)15-7-5-14(6-8-15)13-21-10-9-18-20-16-3-1-2-4-17(16)22(18)12-11-21/h1-8H,9-13H2,(H,23,24). The van der Waals surface area contributed by atoms with Crippen molar-refractivity contribution >= 4 is 17.0 Å². The number of rotatable bonds is 3. The Balaban J connectivity index is 1.48. The lowest BCUT2D eigenvalue weighted by molar-refractivity contribution is 0.0697. The fraction of sp³-hybridized carbons (Fsp3) is 0.263. The van der Waals surface area contributed by atoms with Crippen LogP contribution in [0.4, 0.5) is 0 Å². The van der Waals surface area contributed by atoms with Crippen molar-refractivity contribution in [3.8, 4) is 0 Å². The third kappa shape index (κ3) is 2.78. The molecule has 122 valence electrons. The molecule has 0 saturated carbocycles. The first-order valence-electron chi connectivity index (χ1n) is 8.19. The minimum atomic E-state index is -0.881. The average Bonchev–Trinajstić information content (AvgIpc) is 2.84. The van der Waals surface area contributed by atoms with Crippen molar-refractivity contribution in [2.24, 2.45) is 0 Å². The molecule has 1 N–H and O–H groups in total. The Morgan fingerprint density at radius 3 is 2.62 bits per heavy atom. The number of para-hydroxylation sites is 2. The van der Waals surface area contributed by atoms with Gasteiger partial charge in [-0.3, -0.25) is 4.90 Å². The van der Waals surface area contributed by atoms with Gasteiger partial charge in [0.15, 0.2) is 0 Å². The molecule has 0 amide bonds. The van der Waals surface area contributed by atoms with Gasteiger partial charge in [0.25, 0.3) is 0 Å². The first-order valence-corrected chi connectivity index (χ1v) is 8.19. The molecule has 3 aromatic rings. The second-order valence-corrected chi connectivity index (χ2v) is 6.20. The number of aromatic nitrogens is 2. The van der Waals surface area contributed by atoms with E-state index in [-0.39, 0.29) is 0 Å². The monoisotopic (exact) mass is 321 g/mol. The number of hydrogen-bond donors (Lipinski definition) is 1. The van der Waals surface area contributed by atoms with Gasteiger partial charge >= 0.3 is 5.97 Å². The predicted molar refractivity (Wildman–Crippen MR) is 92.1 cm³/mol. The van der Waals surface area contributed by atoms with Gasteiger partial charge in [-0.2, -0.15) is 0 Å². The first-order chi connectivity index (χ1) is 11.7. The molecule has 24 heavy (non-hydrogen) atoms. The van der Waals surface area contributed by atoms with E-state index >= 15 is 0 Å². The van der Waals surface area contributed by atoms with Crippen molar-refractivity contribution in [2.75, 3.05) is 13.1 Å². The van der Waals surface area contributed by atoms with Crippen LogP contribution in [0.2, 0.25) is 0 Å². The van der Waals surface area contributed by atoms with Crippen LogP contribution in [0.15, 0.2) is 48.5 Å². The number of aromatic carboxylic acids is 1. The van der Waals surface area contributed by atoms with Crippen molar-refractivity contribution in [3.05, 3.63) is 65.5 Å². The normalized spacial score (nSPS) is 15.2. The third-order valence-electron chi connectivity index (χ3n) is 4.63. The van der Waals surface area contributed by atoms with Crippen LogP contribution >= 0.6 is 0 Å². The van der Waals surface area contributed by atoms with E-state index in [2.05, 4.69) is 27.7 Å². The summed E-state index contributed by atoms with van der Waals surface area (Å²) in [4.78, 5) is 18.1. The number of fused-ring (bicyclic) bond motifs is 3. The molecule has 1 aromatic heterocycles. The molecule has 0 fully saturated rings. The number of carboxylic acid groups (broad SMARTS) is 1. The Morgan fingerprint density at radius 1 is 1.04 bits per heavy atom. The summed E-state index contributed by atoms with van der Waals surface area (Å²) < 4.78 is 2.32. The molecule has 4 rings (SSSR count). The molecular weight excluding hydrogens is 302 g/mol. The van der Waals surface area contributed by atoms with Gasteiger partial charge in [-0.25, -0.2) is 9.78 Å². The van der Waals surface area contributed by atoms with E-state index in [9.17, 15) is 4.79 Å². The average molecular weight is 321 g/mol. The number of carboxylic acids is 1. The highest BCUT2D eigenvalue weighted by atomic mass is 16.4. The van der Waals surface area contributed by atoms with Crippen LogP contribution in [0.1, 0.15) is 21.7 Å². The maximum absolute atomic E-state index is 10.9. The molecule has 1 aliphatic heterocycles. The van der Waals surface area contributed by atoms with Gasteiger partial charge in [-0.1, -0.05) is 24.3 Å². The molecule has 5 heteroatoms. The van der Waals surface area contributed by atoms with E-state index in [1.165, 1.54) is 5.52 Å². The molecular formula is C19H19N3O2. The van der Waals surface area contributed by atoms with Crippen molar-refractivity contribution in [1.29, 1.82) is 0 Å². The molecule has 1 aliphatic rings. The number of hydrogen-bond acceptors (Lipinski definition) is 3. The van der Waals surface area contributed by atoms with E-state index in [4.69, 9.17) is 10.1 Å². The van der Waals surface area contributed by atoms with E-state index in [0.717, 1.165) is 49.5 Å². The quantitative estimate of drug-likeness (QED) is 0.806. The second-order valence-electron chi connectivity index (χ2n) is 6.20. The molecule has 0 aliphatic carbocycles. The summed E-state index contributed by atoms with van der Waals surface area (Å²) in [6.07, 6.45) is 0.932. The molecule has 0 spiro atoms. The number of nitrogens with zero attached hydrogens (tertiary/aromatic N) is 3. The summed E-state index contributed by atoms with van der Waals surface area (Å²) in [6.45, 7) is 3.70. The summed E-state index contributed by atoms with van der Waals surface area (Å²) in [5.41, 5.74) is 3.76. The van der Waals surface area contributed by atoms with E-state index in [1.807, 2.05) is 18.2 Å². The van der Waals surface area contributed by atoms with Gasteiger partial charge < -0.3 is 9.67 Å². The fourth-order valence-corrected chi connectivity index (χ4v) is 3.35. The Morgan fingerprint density at radius 2 is 1.83 bits per heavy atom. The van der Waals surface area contributed by atoms with Crippen molar-refractivity contribution in [3.63, 3.8) is 0 Å². The molecule has 0 atom stereocenters. The lowest BCUT2D eigenvalue weighted by Crippen LogP contribution is -2.26. The van der Waals surface area contributed by atoms with Gasteiger partial charge in [0.2, 0.25) is 0 Å². The first kappa shape index (κ1) is 14.9. The summed E-state index contributed by atoms with van der Waals surface area (Å²) in [5, 5.41) is 8.98. The summed E-state index contributed by atoms with van der Waals surface area (Å²) in [5.74, 6) is 0.272. The lowest BCUT2D eigenvalue weighted by atomic mass is 10.1. The summed E-state index contributed by atoms with van der Waals surface area (Å²) >= 11 is 0. The Labute approximate surface area is 140 Å². The highest BCUT2D eigenvalue weighted by molar-refractivity contribution is 5.87. The fourth-order valence-electron chi connectivity index (χ4n) is 3.35. The molecule has 0 unspecified atom stereocenters. The second kappa shape index (κ2) is 6.09. The van der Waals surface area contributed by atoms with Crippen LogP contribution in [-0.4, -0.2) is 38.6 Å². The number of carbonyl (C=O) groups is 1. The molecule has 2 aromatic carbocycles. The van der Waals surface area contributed by atoms with E-state index < -0.39 is 5.97 Å². The maximum atomic E-state index is 10.9. The Kier molecular flexibility index (Phi) is 3.78. The van der Waals surface area contributed by atoms with Crippen LogP contribution in [-0.2, 0) is 19.5 Å². The van der Waals surface area contributed by atoms with Gasteiger partial charge in [0.1, 0.15) is 5.82 Å². The van der Waals surface area contributed by atoms with Gasteiger partial charge in [-0.05, 0) is 29.8 Å². The van der Waals surface area contributed by atoms with Crippen LogP contribution in [0.5, 0.6) is 0 Å². The topological polar surface area (TPSA) is 58.4 Å². The Bertz CT molecular complexity index is 883. The zero-order chi connectivity index (χ0) is 16.5. The van der Waals surface area contributed by atoms with Crippen molar-refractivity contribution in [1.82, 2.24) is 14.5 Å². The highest BCUT2D eigenvalue weighted by Crippen LogP contribution is 2.19. The minimum absolute atomic E-state index is 0.334. The van der Waals surface area contributed by atoms with Gasteiger partial charge in [0.05, 0.1) is 16.6 Å². The maximum Gasteiger partial charge on any atom is 0.335 e. The molecule has 0 bridgehead atoms. The smallest absolute Gasteiger partial charge is 0.335 e. The zero-order valence-corrected chi connectivity index (χ0v) is 13.4. The van der Waals surface area contributed by atoms with Crippen molar-refractivity contribution < 1.29 is 9.90 Å². The molecule has 2 heterocycles. The van der Waals surface area contributed by atoms with Gasteiger partial charge in [-0.15, -0.1) is 0 Å². The lowest BCUT2D eigenvalue weighted by Gasteiger charge is -2.19. The predicted octanol–water partition coefficient (Wildman–Crippen LogP) is 2.79. The molecule has 0 saturated heterocycles. The largest absolute Gasteiger partial charge is 0.478 e. The highest BCUT2D eigenvalue weighted by Gasteiger charge is 2.17. The molecule has 5 nitrogen and oxygen atoms in total. The minimum Gasteiger partial charge on any atom is -0.478 e. The Hall–Kier alpha value is -2.66. The zero-order valence-electron chi connectivity index (χ0n) is 13.4. The molecule has 0 radical (unpaired) electrons. The van der Waals surface area contributed by atoms with Gasteiger partial charge in [0, 0.05) is 32.6 Å². The van der Waals surface area contributed by atoms with E-state index in [1.54, 1.807) is 12.1 Å². The third-order valence-corrected chi connectivity index (χ3v) is 4.63. The van der Waals surface area contributed by atoms with E-state index in [0.29, 0.717) is 5.56 Å². The number of imidazole rings is 1.